The average Bonchev–Trinajstić information content (AvgIpc) is 2.54. The van der Waals surface area contributed by atoms with E-state index in [1.165, 1.54) is 0 Å². The lowest BCUT2D eigenvalue weighted by Gasteiger charge is -2.40. The number of aliphatic hydroxyl groups excluding tert-OH is 1. The van der Waals surface area contributed by atoms with Crippen molar-refractivity contribution in [3.8, 4) is 17.2 Å². The lowest BCUT2D eigenvalue weighted by atomic mass is 9.73. The number of nitrogens with zero attached hydrogens (tertiary/aromatic N) is 1. The molecule has 0 aromatic heterocycles. The van der Waals surface area contributed by atoms with Gasteiger partial charge in [-0.25, -0.2) is 0 Å². The van der Waals surface area contributed by atoms with Crippen molar-refractivity contribution in [2.45, 2.75) is 18.3 Å². The Hall–Kier alpha value is -1.46. The highest BCUT2D eigenvalue weighted by molar-refractivity contribution is 5.55. The normalized spacial score (nSPS) is 18.3. The highest BCUT2D eigenvalue weighted by Gasteiger charge is 2.36. The molecular formula is C16H25NO4. The van der Waals surface area contributed by atoms with Crippen LogP contribution in [0.25, 0.3) is 0 Å². The van der Waals surface area contributed by atoms with Gasteiger partial charge in [-0.15, -0.1) is 0 Å². The van der Waals surface area contributed by atoms with E-state index in [0.717, 1.165) is 31.5 Å². The Balaban J connectivity index is 2.46. The summed E-state index contributed by atoms with van der Waals surface area (Å²) in [5.74, 6) is 1.86. The van der Waals surface area contributed by atoms with E-state index in [0.29, 0.717) is 17.2 Å². The molecule has 5 heteroatoms. The molecule has 5 nitrogen and oxygen atoms in total. The van der Waals surface area contributed by atoms with Gasteiger partial charge in [-0.2, -0.15) is 0 Å². The molecule has 0 radical (unpaired) electrons. The van der Waals surface area contributed by atoms with Crippen LogP contribution in [0.5, 0.6) is 17.2 Å². The topological polar surface area (TPSA) is 51.2 Å². The number of ether oxygens (including phenoxy) is 3. The van der Waals surface area contributed by atoms with Crippen molar-refractivity contribution in [2.24, 2.45) is 0 Å². The Morgan fingerprint density at radius 3 is 1.95 bits per heavy atom. The van der Waals surface area contributed by atoms with Crippen LogP contribution < -0.4 is 14.2 Å². The predicted molar refractivity (Wildman–Crippen MR) is 81.6 cm³/mol. The highest BCUT2D eigenvalue weighted by atomic mass is 16.5. The Morgan fingerprint density at radius 2 is 1.57 bits per heavy atom. The molecule has 1 fully saturated rings. The summed E-state index contributed by atoms with van der Waals surface area (Å²) < 4.78 is 16.2. The van der Waals surface area contributed by atoms with E-state index >= 15 is 0 Å². The first-order valence-electron chi connectivity index (χ1n) is 7.20. The van der Waals surface area contributed by atoms with Gasteiger partial charge in [0.1, 0.15) is 0 Å². The number of benzene rings is 1. The molecule has 2 rings (SSSR count). The number of piperidine rings is 1. The Bertz CT molecular complexity index is 456. The highest BCUT2D eigenvalue weighted by Crippen LogP contribution is 2.44. The van der Waals surface area contributed by atoms with E-state index in [4.69, 9.17) is 14.2 Å². The van der Waals surface area contributed by atoms with Gasteiger partial charge in [0.05, 0.1) is 27.9 Å². The second-order valence-corrected chi connectivity index (χ2v) is 5.66. The Morgan fingerprint density at radius 1 is 1.05 bits per heavy atom. The van der Waals surface area contributed by atoms with Crippen LogP contribution in [-0.4, -0.2) is 58.1 Å². The summed E-state index contributed by atoms with van der Waals surface area (Å²) in [6.07, 6.45) is 1.83. The molecule has 1 saturated heterocycles. The van der Waals surface area contributed by atoms with Crippen LogP contribution in [0.4, 0.5) is 0 Å². The van der Waals surface area contributed by atoms with Crippen molar-refractivity contribution < 1.29 is 19.3 Å². The zero-order valence-electron chi connectivity index (χ0n) is 13.3. The molecule has 0 atom stereocenters. The zero-order chi connectivity index (χ0) is 15.5. The fourth-order valence-electron chi connectivity index (χ4n) is 2.97. The molecule has 1 aliphatic heterocycles. The SMILES string of the molecule is COc1cc(C2(CO)CCN(C)CC2)cc(OC)c1OC. The summed E-state index contributed by atoms with van der Waals surface area (Å²) in [5, 5.41) is 10.0. The van der Waals surface area contributed by atoms with Crippen molar-refractivity contribution in [3.63, 3.8) is 0 Å². The molecule has 21 heavy (non-hydrogen) atoms. The summed E-state index contributed by atoms with van der Waals surface area (Å²) in [4.78, 5) is 2.28. The molecule has 0 unspecified atom stereocenters. The minimum absolute atomic E-state index is 0.124. The number of aliphatic hydroxyl groups is 1. The second-order valence-electron chi connectivity index (χ2n) is 5.66. The van der Waals surface area contributed by atoms with E-state index in [1.807, 2.05) is 12.1 Å². The van der Waals surface area contributed by atoms with Crippen molar-refractivity contribution in [1.82, 2.24) is 4.90 Å². The van der Waals surface area contributed by atoms with Crippen molar-refractivity contribution in [2.75, 3.05) is 48.1 Å². The fraction of sp³-hybridized carbons (Fsp3) is 0.625. The van der Waals surface area contributed by atoms with Gasteiger partial charge in [0.25, 0.3) is 0 Å². The molecule has 0 amide bonds. The molecule has 0 bridgehead atoms. The third-order valence-corrected chi connectivity index (χ3v) is 4.52. The summed E-state index contributed by atoms with van der Waals surface area (Å²) in [7, 11) is 6.93. The predicted octanol–water partition coefficient (Wildman–Crippen LogP) is 1.67. The fourth-order valence-corrected chi connectivity index (χ4v) is 2.97. The first-order chi connectivity index (χ1) is 10.1. The van der Waals surface area contributed by atoms with Crippen LogP contribution in [-0.2, 0) is 5.41 Å². The number of hydrogen-bond donors (Lipinski definition) is 1. The lowest BCUT2D eigenvalue weighted by molar-refractivity contribution is 0.114. The second kappa shape index (κ2) is 6.54. The van der Waals surface area contributed by atoms with Crippen LogP contribution in [0.2, 0.25) is 0 Å². The van der Waals surface area contributed by atoms with Gasteiger partial charge in [0.15, 0.2) is 11.5 Å². The van der Waals surface area contributed by atoms with Gasteiger partial charge in [0.2, 0.25) is 5.75 Å². The lowest BCUT2D eigenvalue weighted by Crippen LogP contribution is -2.43. The number of rotatable bonds is 5. The molecular weight excluding hydrogens is 270 g/mol. The van der Waals surface area contributed by atoms with Gasteiger partial charge in [-0.05, 0) is 50.7 Å². The summed E-state index contributed by atoms with van der Waals surface area (Å²) in [6, 6.07) is 3.92. The smallest absolute Gasteiger partial charge is 0.203 e. The van der Waals surface area contributed by atoms with Gasteiger partial charge in [-0.3, -0.25) is 0 Å². The third kappa shape index (κ3) is 2.94. The molecule has 0 saturated carbocycles. The first kappa shape index (κ1) is 15.9. The van der Waals surface area contributed by atoms with Crippen LogP contribution in [0, 0.1) is 0 Å². The van der Waals surface area contributed by atoms with Crippen molar-refractivity contribution in [3.05, 3.63) is 17.7 Å². The maximum absolute atomic E-state index is 10.0. The molecule has 1 aromatic carbocycles. The Labute approximate surface area is 126 Å². The van der Waals surface area contributed by atoms with Crippen LogP contribution in [0.3, 0.4) is 0 Å². The first-order valence-corrected chi connectivity index (χ1v) is 7.20. The minimum Gasteiger partial charge on any atom is -0.493 e. The van der Waals surface area contributed by atoms with E-state index in [9.17, 15) is 5.11 Å². The zero-order valence-corrected chi connectivity index (χ0v) is 13.3. The van der Waals surface area contributed by atoms with Crippen LogP contribution in [0.1, 0.15) is 18.4 Å². The Kier molecular flexibility index (Phi) is 4.96. The molecule has 1 N–H and O–H groups in total. The molecule has 1 heterocycles. The van der Waals surface area contributed by atoms with Gasteiger partial charge in [0, 0.05) is 5.41 Å². The summed E-state index contributed by atoms with van der Waals surface area (Å²) >= 11 is 0. The molecule has 0 spiro atoms. The van der Waals surface area contributed by atoms with E-state index < -0.39 is 0 Å². The van der Waals surface area contributed by atoms with Crippen LogP contribution in [0.15, 0.2) is 12.1 Å². The van der Waals surface area contributed by atoms with Crippen molar-refractivity contribution >= 4 is 0 Å². The summed E-state index contributed by atoms with van der Waals surface area (Å²) in [6.45, 7) is 2.06. The third-order valence-electron chi connectivity index (χ3n) is 4.52. The molecule has 1 aromatic rings. The van der Waals surface area contributed by atoms with Gasteiger partial charge >= 0.3 is 0 Å². The van der Waals surface area contributed by atoms with Crippen molar-refractivity contribution in [1.29, 1.82) is 0 Å². The quantitative estimate of drug-likeness (QED) is 0.895. The van der Waals surface area contributed by atoms with Crippen LogP contribution >= 0.6 is 0 Å². The maximum atomic E-state index is 10.0. The van der Waals surface area contributed by atoms with E-state index in [1.54, 1.807) is 21.3 Å². The number of hydrogen-bond acceptors (Lipinski definition) is 5. The molecule has 1 aliphatic rings. The average molecular weight is 295 g/mol. The largest absolute Gasteiger partial charge is 0.493 e. The number of methoxy groups -OCH3 is 3. The minimum atomic E-state index is -0.237. The maximum Gasteiger partial charge on any atom is 0.203 e. The van der Waals surface area contributed by atoms with E-state index in [2.05, 4.69) is 11.9 Å². The molecule has 0 aliphatic carbocycles. The van der Waals surface area contributed by atoms with Gasteiger partial charge in [-0.1, -0.05) is 0 Å². The summed E-state index contributed by atoms with van der Waals surface area (Å²) in [5.41, 5.74) is 0.812. The molecule has 118 valence electrons. The number of likely N-dealkylation sites (tertiary alicyclic amines) is 1. The standard InChI is InChI=1S/C16H25NO4/c1-17-7-5-16(11-18,6-8-17)12-9-13(19-2)15(21-4)14(10-12)20-3/h9-10,18H,5-8,11H2,1-4H3. The monoisotopic (exact) mass is 295 g/mol. The van der Waals surface area contributed by atoms with E-state index in [-0.39, 0.29) is 12.0 Å². The van der Waals surface area contributed by atoms with Gasteiger partial charge < -0.3 is 24.2 Å².